The standard InChI is InChI=1S/C6H8O2/c7-4-3-6-2-1-5-8-6/h3,6H,1-2,5H2. The minimum Gasteiger partial charge on any atom is -0.373 e. The number of hydrogen-bond donors (Lipinski definition) is 0. The van der Waals surface area contributed by atoms with Crippen LogP contribution in [0.4, 0.5) is 0 Å². The van der Waals surface area contributed by atoms with Gasteiger partial charge in [0.15, 0.2) is 0 Å². The van der Waals surface area contributed by atoms with Crippen molar-refractivity contribution in [3.8, 4) is 0 Å². The van der Waals surface area contributed by atoms with Crippen molar-refractivity contribution >= 4 is 5.94 Å². The second-order valence-electron chi connectivity index (χ2n) is 1.84. The predicted molar refractivity (Wildman–Crippen MR) is 29.2 cm³/mol. The quantitative estimate of drug-likeness (QED) is 0.463. The lowest BCUT2D eigenvalue weighted by Gasteiger charge is -1.95. The van der Waals surface area contributed by atoms with Crippen molar-refractivity contribution in [3.63, 3.8) is 0 Å². The highest BCUT2D eigenvalue weighted by molar-refractivity contribution is 5.46. The minimum atomic E-state index is 0.0625. The van der Waals surface area contributed by atoms with Crippen LogP contribution in [-0.4, -0.2) is 18.7 Å². The average Bonchev–Trinajstić information content (AvgIpc) is 2.19. The molecular weight excluding hydrogens is 104 g/mol. The fourth-order valence-corrected chi connectivity index (χ4v) is 0.810. The zero-order valence-corrected chi connectivity index (χ0v) is 4.59. The van der Waals surface area contributed by atoms with Gasteiger partial charge in [-0.1, -0.05) is 0 Å². The van der Waals surface area contributed by atoms with Crippen LogP contribution in [0.15, 0.2) is 6.08 Å². The molecule has 0 N–H and O–H groups in total. The summed E-state index contributed by atoms with van der Waals surface area (Å²) in [5.74, 6) is 1.71. The maximum atomic E-state index is 9.70. The van der Waals surface area contributed by atoms with Crippen LogP contribution in [0.5, 0.6) is 0 Å². The lowest BCUT2D eigenvalue weighted by molar-refractivity contribution is 0.146. The first kappa shape index (κ1) is 5.54. The molecule has 1 fully saturated rings. The first-order valence-electron chi connectivity index (χ1n) is 2.76. The maximum absolute atomic E-state index is 9.70. The van der Waals surface area contributed by atoms with Gasteiger partial charge in [-0.2, -0.15) is 0 Å². The third-order valence-electron chi connectivity index (χ3n) is 1.22. The van der Waals surface area contributed by atoms with Crippen molar-refractivity contribution in [2.24, 2.45) is 0 Å². The lowest BCUT2D eigenvalue weighted by Crippen LogP contribution is -1.98. The Bertz CT molecular complexity index is 108. The van der Waals surface area contributed by atoms with E-state index in [-0.39, 0.29) is 6.10 Å². The highest BCUT2D eigenvalue weighted by Gasteiger charge is 2.11. The summed E-state index contributed by atoms with van der Waals surface area (Å²) < 4.78 is 5.08. The Morgan fingerprint density at radius 2 is 2.62 bits per heavy atom. The molecule has 0 aromatic rings. The van der Waals surface area contributed by atoms with Gasteiger partial charge in [0, 0.05) is 12.7 Å². The van der Waals surface area contributed by atoms with E-state index in [0.717, 1.165) is 19.4 Å². The topological polar surface area (TPSA) is 26.3 Å². The molecule has 0 saturated carbocycles. The summed E-state index contributed by atoms with van der Waals surface area (Å²) in [6.45, 7) is 0.794. The second kappa shape index (κ2) is 2.65. The van der Waals surface area contributed by atoms with Crippen molar-refractivity contribution in [2.75, 3.05) is 6.61 Å². The highest BCUT2D eigenvalue weighted by Crippen LogP contribution is 2.11. The molecule has 1 heterocycles. The van der Waals surface area contributed by atoms with E-state index in [1.165, 1.54) is 6.08 Å². The van der Waals surface area contributed by atoms with Gasteiger partial charge in [0.2, 0.25) is 0 Å². The summed E-state index contributed by atoms with van der Waals surface area (Å²) in [7, 11) is 0. The molecule has 0 amide bonds. The van der Waals surface area contributed by atoms with E-state index in [0.29, 0.717) is 0 Å². The number of hydrogen-bond acceptors (Lipinski definition) is 2. The fourth-order valence-electron chi connectivity index (χ4n) is 0.810. The Morgan fingerprint density at radius 3 is 3.12 bits per heavy atom. The van der Waals surface area contributed by atoms with Gasteiger partial charge in [-0.05, 0) is 12.8 Å². The fraction of sp³-hybridized carbons (Fsp3) is 0.667. The molecule has 1 aliphatic rings. The first-order valence-corrected chi connectivity index (χ1v) is 2.76. The van der Waals surface area contributed by atoms with Crippen molar-refractivity contribution < 1.29 is 9.53 Å². The molecule has 0 radical (unpaired) electrons. The summed E-state index contributed by atoms with van der Waals surface area (Å²) in [6.07, 6.45) is 3.55. The normalized spacial score (nSPS) is 27.2. The summed E-state index contributed by atoms with van der Waals surface area (Å²) in [5.41, 5.74) is 0. The van der Waals surface area contributed by atoms with Crippen LogP contribution in [0.1, 0.15) is 12.8 Å². The van der Waals surface area contributed by atoms with E-state index >= 15 is 0 Å². The predicted octanol–water partition coefficient (Wildman–Crippen LogP) is 0.553. The lowest BCUT2D eigenvalue weighted by atomic mass is 10.2. The average molecular weight is 112 g/mol. The van der Waals surface area contributed by atoms with Crippen LogP contribution < -0.4 is 0 Å². The van der Waals surface area contributed by atoms with E-state index in [1.54, 1.807) is 5.94 Å². The molecule has 8 heavy (non-hydrogen) atoms. The van der Waals surface area contributed by atoms with Crippen molar-refractivity contribution in [1.29, 1.82) is 0 Å². The van der Waals surface area contributed by atoms with Gasteiger partial charge in [-0.3, -0.25) is 0 Å². The van der Waals surface area contributed by atoms with Crippen LogP contribution in [-0.2, 0) is 9.53 Å². The van der Waals surface area contributed by atoms with Gasteiger partial charge in [-0.15, -0.1) is 0 Å². The van der Waals surface area contributed by atoms with Crippen LogP contribution >= 0.6 is 0 Å². The molecule has 0 aromatic heterocycles. The van der Waals surface area contributed by atoms with E-state index in [2.05, 4.69) is 0 Å². The zero-order valence-electron chi connectivity index (χ0n) is 4.59. The van der Waals surface area contributed by atoms with Crippen molar-refractivity contribution in [1.82, 2.24) is 0 Å². The van der Waals surface area contributed by atoms with E-state index in [4.69, 9.17) is 4.74 Å². The third-order valence-corrected chi connectivity index (χ3v) is 1.22. The van der Waals surface area contributed by atoms with Gasteiger partial charge in [0.05, 0.1) is 6.10 Å². The van der Waals surface area contributed by atoms with Crippen LogP contribution in [0.3, 0.4) is 0 Å². The smallest absolute Gasteiger partial charge is 0.122 e. The molecule has 0 aromatic carbocycles. The second-order valence-corrected chi connectivity index (χ2v) is 1.84. The number of carbonyl (C=O) groups excluding carboxylic acids is 1. The Hall–Kier alpha value is -0.590. The van der Waals surface area contributed by atoms with Gasteiger partial charge < -0.3 is 4.74 Å². The van der Waals surface area contributed by atoms with Crippen LogP contribution in [0, 0.1) is 0 Å². The molecular formula is C6H8O2. The summed E-state index contributed by atoms with van der Waals surface area (Å²) in [6, 6.07) is 0. The molecule has 1 atom stereocenters. The molecule has 0 aliphatic carbocycles. The van der Waals surface area contributed by atoms with E-state index in [1.807, 2.05) is 0 Å². The zero-order chi connectivity index (χ0) is 5.82. The summed E-state index contributed by atoms with van der Waals surface area (Å²) in [4.78, 5) is 9.70. The molecule has 1 rings (SSSR count). The monoisotopic (exact) mass is 112 g/mol. The van der Waals surface area contributed by atoms with Crippen LogP contribution in [0.25, 0.3) is 0 Å². The van der Waals surface area contributed by atoms with E-state index in [9.17, 15) is 4.79 Å². The molecule has 2 nitrogen and oxygen atoms in total. The van der Waals surface area contributed by atoms with Gasteiger partial charge in [0.25, 0.3) is 0 Å². The first-order chi connectivity index (χ1) is 3.93. The Balaban J connectivity index is 2.35. The molecule has 1 aliphatic heterocycles. The van der Waals surface area contributed by atoms with Gasteiger partial charge >= 0.3 is 0 Å². The Kier molecular flexibility index (Phi) is 1.84. The van der Waals surface area contributed by atoms with Gasteiger partial charge in [-0.25, -0.2) is 4.79 Å². The Morgan fingerprint density at radius 1 is 1.75 bits per heavy atom. The Labute approximate surface area is 48.1 Å². The maximum Gasteiger partial charge on any atom is 0.122 e. The summed E-state index contributed by atoms with van der Waals surface area (Å²) >= 11 is 0. The van der Waals surface area contributed by atoms with Crippen molar-refractivity contribution in [3.05, 3.63) is 6.08 Å². The molecule has 1 unspecified atom stereocenters. The van der Waals surface area contributed by atoms with Crippen LogP contribution in [0.2, 0.25) is 0 Å². The van der Waals surface area contributed by atoms with Gasteiger partial charge in [0.1, 0.15) is 5.94 Å². The number of ether oxygens (including phenoxy) is 1. The van der Waals surface area contributed by atoms with Crippen molar-refractivity contribution in [2.45, 2.75) is 18.9 Å². The molecule has 44 valence electrons. The number of rotatable bonds is 1. The van der Waals surface area contributed by atoms with E-state index < -0.39 is 0 Å². The molecule has 1 saturated heterocycles. The third kappa shape index (κ3) is 1.19. The highest BCUT2D eigenvalue weighted by atomic mass is 16.5. The molecule has 0 bridgehead atoms. The molecule has 0 spiro atoms. The largest absolute Gasteiger partial charge is 0.373 e. The molecule has 2 heteroatoms. The summed E-state index contributed by atoms with van der Waals surface area (Å²) in [5, 5.41) is 0. The minimum absolute atomic E-state index is 0.0625. The SMILES string of the molecule is O=C=CC1CCCO1.